The van der Waals surface area contributed by atoms with Crippen LogP contribution < -0.4 is 11.1 Å². The van der Waals surface area contributed by atoms with Crippen LogP contribution >= 0.6 is 0 Å². The number of carbonyl (C=O) groups is 1. The SMILES string of the molecule is Cc1cc(-c2ccc3nc(CNC(C)C(N)=O)n(CCO)c3c2)ccc1F. The van der Waals surface area contributed by atoms with E-state index in [0.29, 0.717) is 24.5 Å². The molecule has 3 rings (SSSR count). The second-order valence-corrected chi connectivity index (χ2v) is 6.58. The maximum atomic E-state index is 13.6. The van der Waals surface area contributed by atoms with Crippen LogP contribution in [0, 0.1) is 12.7 Å². The quantitative estimate of drug-likeness (QED) is 0.594. The number of nitrogens with zero attached hydrogens (tertiary/aromatic N) is 2. The van der Waals surface area contributed by atoms with Crippen LogP contribution in [0.4, 0.5) is 4.39 Å². The van der Waals surface area contributed by atoms with Crippen molar-refractivity contribution >= 4 is 16.9 Å². The van der Waals surface area contributed by atoms with E-state index in [0.717, 1.165) is 22.2 Å². The van der Waals surface area contributed by atoms with Gasteiger partial charge in [-0.25, -0.2) is 9.37 Å². The van der Waals surface area contributed by atoms with E-state index in [1.54, 1.807) is 26.0 Å². The van der Waals surface area contributed by atoms with Gasteiger partial charge in [0.05, 0.1) is 30.2 Å². The number of hydrogen-bond donors (Lipinski definition) is 3. The molecule has 0 radical (unpaired) electrons. The Hall–Kier alpha value is -2.77. The number of aryl methyl sites for hydroxylation is 1. The highest BCUT2D eigenvalue weighted by Gasteiger charge is 2.14. The first-order valence-corrected chi connectivity index (χ1v) is 8.80. The van der Waals surface area contributed by atoms with Crippen molar-refractivity contribution in [3.63, 3.8) is 0 Å². The third-order valence-corrected chi connectivity index (χ3v) is 4.64. The molecule has 0 spiro atoms. The number of aromatic nitrogens is 2. The number of aliphatic hydroxyl groups is 1. The number of amides is 1. The summed E-state index contributed by atoms with van der Waals surface area (Å²) >= 11 is 0. The van der Waals surface area contributed by atoms with Crippen LogP contribution in [-0.4, -0.2) is 33.2 Å². The lowest BCUT2D eigenvalue weighted by Gasteiger charge is -2.12. The lowest BCUT2D eigenvalue weighted by Crippen LogP contribution is -2.38. The molecule has 0 saturated carbocycles. The van der Waals surface area contributed by atoms with Crippen molar-refractivity contribution in [3.05, 3.63) is 53.6 Å². The van der Waals surface area contributed by atoms with Gasteiger partial charge in [-0.3, -0.25) is 10.1 Å². The molecule has 0 aliphatic carbocycles. The highest BCUT2D eigenvalue weighted by molar-refractivity contribution is 5.83. The van der Waals surface area contributed by atoms with E-state index in [9.17, 15) is 14.3 Å². The van der Waals surface area contributed by atoms with Gasteiger partial charge in [0.2, 0.25) is 5.91 Å². The second-order valence-electron chi connectivity index (χ2n) is 6.58. The summed E-state index contributed by atoms with van der Waals surface area (Å²) in [6, 6.07) is 10.3. The smallest absolute Gasteiger partial charge is 0.234 e. The summed E-state index contributed by atoms with van der Waals surface area (Å²) < 4.78 is 15.5. The number of carbonyl (C=O) groups excluding carboxylic acids is 1. The first-order chi connectivity index (χ1) is 12.9. The van der Waals surface area contributed by atoms with Gasteiger partial charge in [-0.15, -0.1) is 0 Å². The number of nitrogens with one attached hydrogen (secondary N) is 1. The summed E-state index contributed by atoms with van der Waals surface area (Å²) in [4.78, 5) is 15.8. The topological polar surface area (TPSA) is 93.2 Å². The number of imidazole rings is 1. The molecule has 4 N–H and O–H groups in total. The van der Waals surface area contributed by atoms with Gasteiger partial charge in [0.25, 0.3) is 0 Å². The van der Waals surface area contributed by atoms with E-state index in [4.69, 9.17) is 5.73 Å². The van der Waals surface area contributed by atoms with Crippen molar-refractivity contribution in [2.75, 3.05) is 6.61 Å². The summed E-state index contributed by atoms with van der Waals surface area (Å²) in [6.07, 6.45) is 0. The van der Waals surface area contributed by atoms with E-state index in [2.05, 4.69) is 10.3 Å². The predicted molar refractivity (Wildman–Crippen MR) is 102 cm³/mol. The number of primary amides is 1. The van der Waals surface area contributed by atoms with Crippen molar-refractivity contribution in [2.24, 2.45) is 5.73 Å². The van der Waals surface area contributed by atoms with Gasteiger partial charge in [-0.1, -0.05) is 12.1 Å². The normalized spacial score (nSPS) is 12.4. The molecule has 0 aliphatic heterocycles. The summed E-state index contributed by atoms with van der Waals surface area (Å²) in [5.41, 5.74) is 9.37. The van der Waals surface area contributed by atoms with Gasteiger partial charge in [-0.2, -0.15) is 0 Å². The molecule has 27 heavy (non-hydrogen) atoms. The van der Waals surface area contributed by atoms with E-state index < -0.39 is 11.9 Å². The number of rotatable bonds is 7. The molecule has 7 heteroatoms. The summed E-state index contributed by atoms with van der Waals surface area (Å²) in [6.45, 7) is 4.12. The Bertz CT molecular complexity index is 984. The molecule has 1 unspecified atom stereocenters. The molecule has 2 aromatic carbocycles. The van der Waals surface area contributed by atoms with Gasteiger partial charge in [0.1, 0.15) is 11.6 Å². The van der Waals surface area contributed by atoms with Gasteiger partial charge in [-0.05, 0) is 54.8 Å². The predicted octanol–water partition coefficient (Wildman–Crippen LogP) is 2.11. The minimum Gasteiger partial charge on any atom is -0.395 e. The fourth-order valence-corrected chi connectivity index (χ4v) is 3.01. The number of aliphatic hydroxyl groups excluding tert-OH is 1. The molecule has 6 nitrogen and oxygen atoms in total. The lowest BCUT2D eigenvalue weighted by molar-refractivity contribution is -0.119. The van der Waals surface area contributed by atoms with Gasteiger partial charge >= 0.3 is 0 Å². The molecule has 0 aliphatic rings. The first kappa shape index (κ1) is 19.0. The average molecular weight is 370 g/mol. The number of nitrogens with two attached hydrogens (primary N) is 1. The molecule has 1 heterocycles. The van der Waals surface area contributed by atoms with Crippen LogP contribution in [0.15, 0.2) is 36.4 Å². The Morgan fingerprint density at radius 1 is 1.30 bits per heavy atom. The minimum atomic E-state index is -0.481. The monoisotopic (exact) mass is 370 g/mol. The van der Waals surface area contributed by atoms with Gasteiger partial charge < -0.3 is 15.4 Å². The summed E-state index contributed by atoms with van der Waals surface area (Å²) in [5.74, 6) is 0.0375. The Kier molecular flexibility index (Phi) is 5.53. The lowest BCUT2D eigenvalue weighted by atomic mass is 10.0. The number of fused-ring (bicyclic) bond motifs is 1. The van der Waals surface area contributed by atoms with Crippen molar-refractivity contribution in [1.82, 2.24) is 14.9 Å². The fourth-order valence-electron chi connectivity index (χ4n) is 3.01. The third-order valence-electron chi connectivity index (χ3n) is 4.64. The summed E-state index contributed by atoms with van der Waals surface area (Å²) in [7, 11) is 0. The van der Waals surface area contributed by atoms with Gasteiger partial charge in [0.15, 0.2) is 0 Å². The van der Waals surface area contributed by atoms with E-state index in [1.165, 1.54) is 6.07 Å². The summed E-state index contributed by atoms with van der Waals surface area (Å²) in [5, 5.41) is 12.5. The fraction of sp³-hybridized carbons (Fsp3) is 0.300. The molecule has 1 atom stereocenters. The Morgan fingerprint density at radius 3 is 2.67 bits per heavy atom. The number of benzene rings is 2. The highest BCUT2D eigenvalue weighted by atomic mass is 19.1. The molecule has 3 aromatic rings. The van der Waals surface area contributed by atoms with Crippen molar-refractivity contribution < 1.29 is 14.3 Å². The van der Waals surface area contributed by atoms with Crippen LogP contribution in [0.3, 0.4) is 0 Å². The standard InChI is InChI=1S/C20H23FN4O2/c1-12-9-14(3-5-16(12)21)15-4-6-17-18(10-15)25(7-8-26)19(24-17)11-23-13(2)20(22)27/h3-6,9-10,13,23,26H,7-8,11H2,1-2H3,(H2,22,27). The average Bonchev–Trinajstić information content (AvgIpc) is 2.99. The minimum absolute atomic E-state index is 0.0380. The molecular formula is C20H23FN4O2. The maximum absolute atomic E-state index is 13.6. The zero-order valence-electron chi connectivity index (χ0n) is 15.4. The number of hydrogen-bond acceptors (Lipinski definition) is 4. The van der Waals surface area contributed by atoms with Crippen LogP contribution in [0.25, 0.3) is 22.2 Å². The molecule has 0 saturated heterocycles. The largest absolute Gasteiger partial charge is 0.395 e. The van der Waals surface area contributed by atoms with E-state index in [1.807, 2.05) is 22.8 Å². The Balaban J connectivity index is 2.00. The molecule has 1 amide bonds. The van der Waals surface area contributed by atoms with Crippen LogP contribution in [0.5, 0.6) is 0 Å². The van der Waals surface area contributed by atoms with Crippen molar-refractivity contribution in [2.45, 2.75) is 33.0 Å². The van der Waals surface area contributed by atoms with E-state index >= 15 is 0 Å². The molecule has 142 valence electrons. The molecular weight excluding hydrogens is 347 g/mol. The van der Waals surface area contributed by atoms with E-state index in [-0.39, 0.29) is 12.4 Å². The zero-order valence-corrected chi connectivity index (χ0v) is 15.4. The maximum Gasteiger partial charge on any atom is 0.234 e. The van der Waals surface area contributed by atoms with Crippen molar-refractivity contribution in [3.8, 4) is 11.1 Å². The van der Waals surface area contributed by atoms with Crippen LogP contribution in [0.1, 0.15) is 18.3 Å². The third kappa shape index (κ3) is 3.99. The highest BCUT2D eigenvalue weighted by Crippen LogP contribution is 2.26. The Morgan fingerprint density at radius 2 is 2.00 bits per heavy atom. The first-order valence-electron chi connectivity index (χ1n) is 8.80. The second kappa shape index (κ2) is 7.85. The van der Waals surface area contributed by atoms with Crippen molar-refractivity contribution in [1.29, 1.82) is 0 Å². The zero-order chi connectivity index (χ0) is 19.6. The molecule has 1 aromatic heterocycles. The van der Waals surface area contributed by atoms with Gasteiger partial charge in [0, 0.05) is 6.54 Å². The van der Waals surface area contributed by atoms with Crippen LogP contribution in [-0.2, 0) is 17.9 Å². The van der Waals surface area contributed by atoms with Crippen LogP contribution in [0.2, 0.25) is 0 Å². The Labute approximate surface area is 156 Å². The molecule has 0 bridgehead atoms. The number of halogens is 1. The molecule has 0 fully saturated rings.